The van der Waals surface area contributed by atoms with E-state index in [0.717, 1.165) is 54.9 Å². The number of hydrogen-bond acceptors (Lipinski definition) is 7. The second kappa shape index (κ2) is 11.0. The maximum absolute atomic E-state index is 12.9. The monoisotopic (exact) mass is 573 g/mol. The number of nitrogens with zero attached hydrogens (tertiary/aromatic N) is 5. The van der Waals surface area contributed by atoms with Gasteiger partial charge in [0.25, 0.3) is 10.0 Å². The van der Waals surface area contributed by atoms with Gasteiger partial charge in [-0.05, 0) is 42.9 Å². The van der Waals surface area contributed by atoms with Crippen molar-refractivity contribution in [1.82, 2.24) is 30.0 Å². The summed E-state index contributed by atoms with van der Waals surface area (Å²) in [5, 5.41) is 8.48. The number of likely N-dealkylation sites (N-methyl/N-ethyl adjacent to an activating group) is 1. The Morgan fingerprint density at radius 1 is 0.900 bits per heavy atom. The van der Waals surface area contributed by atoms with E-state index in [4.69, 9.17) is 11.6 Å². The van der Waals surface area contributed by atoms with Crippen LogP contribution < -0.4 is 4.72 Å². The lowest BCUT2D eigenvalue weighted by Crippen LogP contribution is -2.43. The third kappa shape index (κ3) is 5.57. The van der Waals surface area contributed by atoms with Gasteiger partial charge in [-0.3, -0.25) is 14.7 Å². The molecule has 0 unspecified atom stereocenters. The van der Waals surface area contributed by atoms with E-state index < -0.39 is 10.0 Å². The number of fused-ring (bicyclic) bond motifs is 1. The van der Waals surface area contributed by atoms with Gasteiger partial charge in [0.2, 0.25) is 0 Å². The molecule has 0 amide bonds. The molecule has 3 aromatic heterocycles. The van der Waals surface area contributed by atoms with Crippen LogP contribution in [0.2, 0.25) is 5.15 Å². The van der Waals surface area contributed by atoms with Gasteiger partial charge >= 0.3 is 0 Å². The number of rotatable bonds is 7. The second-order valence-electron chi connectivity index (χ2n) is 9.95. The average molecular weight is 574 g/mol. The molecule has 5 aromatic rings. The van der Waals surface area contributed by atoms with Gasteiger partial charge in [0.15, 0.2) is 10.8 Å². The normalized spacial score (nSPS) is 14.9. The molecule has 0 spiro atoms. The number of nitrogens with one attached hydrogen (secondary N) is 2. The van der Waals surface area contributed by atoms with Crippen LogP contribution in [0.4, 0.5) is 5.69 Å². The number of anilines is 1. The van der Waals surface area contributed by atoms with Gasteiger partial charge in [0, 0.05) is 67.2 Å². The Bertz CT molecular complexity index is 1770. The van der Waals surface area contributed by atoms with Crippen LogP contribution in [0.5, 0.6) is 0 Å². The smallest absolute Gasteiger partial charge is 0.261 e. The minimum absolute atomic E-state index is 0.0541. The Kier molecular flexibility index (Phi) is 7.24. The number of hydrogen-bond donors (Lipinski definition) is 2. The first-order valence-corrected chi connectivity index (χ1v) is 14.8. The van der Waals surface area contributed by atoms with Gasteiger partial charge in [-0.15, -0.1) is 0 Å². The van der Waals surface area contributed by atoms with Crippen molar-refractivity contribution < 1.29 is 8.42 Å². The van der Waals surface area contributed by atoms with Crippen molar-refractivity contribution in [2.45, 2.75) is 11.4 Å². The lowest BCUT2D eigenvalue weighted by molar-refractivity contribution is 0.148. The molecule has 204 valence electrons. The molecule has 4 heterocycles. The highest BCUT2D eigenvalue weighted by molar-refractivity contribution is 7.92. The van der Waals surface area contributed by atoms with Crippen molar-refractivity contribution in [2.24, 2.45) is 0 Å². The van der Waals surface area contributed by atoms with Crippen molar-refractivity contribution in [3.8, 4) is 22.4 Å². The molecule has 11 heteroatoms. The SMILES string of the molecule is CN1CCN(Cc2cccc(-c3[nH]nc4ncc(-c5cnc(Cl)c(NS(=O)(=O)c6ccccc6)c5)cc34)c2)CC1. The molecule has 0 radical (unpaired) electrons. The minimum Gasteiger partial charge on any atom is -0.304 e. The first-order valence-electron chi connectivity index (χ1n) is 12.9. The van der Waals surface area contributed by atoms with Crippen molar-refractivity contribution in [3.63, 3.8) is 0 Å². The van der Waals surface area contributed by atoms with Gasteiger partial charge in [-0.2, -0.15) is 5.10 Å². The molecule has 0 atom stereocenters. The molecule has 9 nitrogen and oxygen atoms in total. The first kappa shape index (κ1) is 26.4. The maximum atomic E-state index is 12.9. The maximum Gasteiger partial charge on any atom is 0.261 e. The Hall–Kier alpha value is -3.83. The van der Waals surface area contributed by atoms with Crippen LogP contribution >= 0.6 is 11.6 Å². The third-order valence-electron chi connectivity index (χ3n) is 7.10. The number of sulfonamides is 1. The summed E-state index contributed by atoms with van der Waals surface area (Å²) in [4.78, 5) is 13.7. The molecule has 0 saturated carbocycles. The quantitative estimate of drug-likeness (QED) is 0.267. The predicted octanol–water partition coefficient (Wildman–Crippen LogP) is 4.89. The van der Waals surface area contributed by atoms with Gasteiger partial charge in [0.1, 0.15) is 0 Å². The minimum atomic E-state index is -3.83. The van der Waals surface area contributed by atoms with E-state index in [1.165, 1.54) is 17.7 Å². The first-order chi connectivity index (χ1) is 19.4. The van der Waals surface area contributed by atoms with Crippen LogP contribution in [-0.2, 0) is 16.6 Å². The fraction of sp³-hybridized carbons (Fsp3) is 0.207. The molecule has 0 aliphatic carbocycles. The number of pyridine rings is 2. The summed E-state index contributed by atoms with van der Waals surface area (Å²) in [7, 11) is -1.67. The molecule has 1 saturated heterocycles. The van der Waals surface area contributed by atoms with E-state index in [1.54, 1.807) is 36.7 Å². The predicted molar refractivity (Wildman–Crippen MR) is 158 cm³/mol. The molecule has 40 heavy (non-hydrogen) atoms. The summed E-state index contributed by atoms with van der Waals surface area (Å²) in [6.07, 6.45) is 3.29. The standard InChI is InChI=1S/C29H28ClN7O2S/c1-36-10-12-37(13-11-36)19-20-6-5-7-21(14-20)27-25-15-22(18-32-29(25)34-33-27)23-16-26(28(30)31-17-23)35-40(38,39)24-8-3-2-4-9-24/h2-9,14-18,35H,10-13,19H2,1H3,(H,32,33,34). The summed E-state index contributed by atoms with van der Waals surface area (Å²) in [5.41, 5.74) is 5.34. The summed E-state index contributed by atoms with van der Waals surface area (Å²) in [6.45, 7) is 5.16. The summed E-state index contributed by atoms with van der Waals surface area (Å²) in [6, 6.07) is 20.2. The largest absolute Gasteiger partial charge is 0.304 e. The number of aromatic nitrogens is 4. The molecular weight excluding hydrogens is 546 g/mol. The molecule has 2 N–H and O–H groups in total. The topological polar surface area (TPSA) is 107 Å². The van der Waals surface area contributed by atoms with Crippen molar-refractivity contribution >= 4 is 38.3 Å². The van der Waals surface area contributed by atoms with E-state index in [1.807, 2.05) is 6.07 Å². The molecule has 1 aliphatic rings. The van der Waals surface area contributed by atoms with Crippen LogP contribution in [0.1, 0.15) is 5.56 Å². The van der Waals surface area contributed by atoms with E-state index in [-0.39, 0.29) is 15.7 Å². The van der Waals surface area contributed by atoms with E-state index in [9.17, 15) is 8.42 Å². The van der Waals surface area contributed by atoms with Crippen LogP contribution in [0.25, 0.3) is 33.4 Å². The zero-order chi connectivity index (χ0) is 27.7. The molecule has 6 rings (SSSR count). The fourth-order valence-corrected chi connectivity index (χ4v) is 6.13. The zero-order valence-electron chi connectivity index (χ0n) is 21.9. The fourth-order valence-electron chi connectivity index (χ4n) is 4.85. The van der Waals surface area contributed by atoms with Crippen LogP contribution in [-0.4, -0.2) is 71.6 Å². The van der Waals surface area contributed by atoms with Gasteiger partial charge in [-0.25, -0.2) is 18.4 Å². The number of piperazine rings is 1. The van der Waals surface area contributed by atoms with Crippen LogP contribution in [0.3, 0.4) is 0 Å². The highest BCUT2D eigenvalue weighted by Crippen LogP contribution is 2.32. The lowest BCUT2D eigenvalue weighted by atomic mass is 10.0. The molecule has 2 aromatic carbocycles. The summed E-state index contributed by atoms with van der Waals surface area (Å²) >= 11 is 6.28. The highest BCUT2D eigenvalue weighted by Gasteiger charge is 2.18. The van der Waals surface area contributed by atoms with Crippen molar-refractivity contribution in [2.75, 3.05) is 37.9 Å². The molecular formula is C29H28ClN7O2S. The van der Waals surface area contributed by atoms with Gasteiger partial charge in [-0.1, -0.05) is 48.0 Å². The number of halogens is 1. The van der Waals surface area contributed by atoms with E-state index >= 15 is 0 Å². The van der Waals surface area contributed by atoms with E-state index in [0.29, 0.717) is 11.2 Å². The van der Waals surface area contributed by atoms with Crippen molar-refractivity contribution in [1.29, 1.82) is 0 Å². The van der Waals surface area contributed by atoms with Gasteiger partial charge in [0.05, 0.1) is 16.3 Å². The third-order valence-corrected chi connectivity index (χ3v) is 8.78. The summed E-state index contributed by atoms with van der Waals surface area (Å²) in [5.74, 6) is 0. The van der Waals surface area contributed by atoms with Crippen LogP contribution in [0.15, 0.2) is 84.0 Å². The van der Waals surface area contributed by atoms with Crippen LogP contribution in [0, 0.1) is 0 Å². The average Bonchev–Trinajstić information content (AvgIpc) is 3.39. The number of benzene rings is 2. The Balaban J connectivity index is 1.30. The summed E-state index contributed by atoms with van der Waals surface area (Å²) < 4.78 is 28.3. The van der Waals surface area contributed by atoms with Gasteiger partial charge < -0.3 is 4.90 Å². The Labute approximate surface area is 237 Å². The van der Waals surface area contributed by atoms with E-state index in [2.05, 4.69) is 66.0 Å². The Morgan fingerprint density at radius 2 is 1.65 bits per heavy atom. The Morgan fingerprint density at radius 3 is 2.45 bits per heavy atom. The molecule has 0 bridgehead atoms. The number of aromatic amines is 1. The lowest BCUT2D eigenvalue weighted by Gasteiger charge is -2.32. The highest BCUT2D eigenvalue weighted by atomic mass is 35.5. The second-order valence-corrected chi connectivity index (χ2v) is 12.0. The number of H-pyrrole nitrogens is 1. The molecule has 1 fully saturated rings. The molecule has 1 aliphatic heterocycles. The zero-order valence-corrected chi connectivity index (χ0v) is 23.5. The van der Waals surface area contributed by atoms with Crippen molar-refractivity contribution in [3.05, 3.63) is 89.8 Å².